The molecule has 132 valence electrons. The van der Waals surface area contributed by atoms with E-state index in [4.69, 9.17) is 4.74 Å². The fourth-order valence-electron chi connectivity index (χ4n) is 3.62. The number of aliphatic hydroxyl groups is 1. The molecule has 1 aromatic rings. The molecule has 2 atom stereocenters. The third kappa shape index (κ3) is 5.23. The Kier molecular flexibility index (Phi) is 8.65. The summed E-state index contributed by atoms with van der Waals surface area (Å²) in [7, 11) is 1.69. The lowest BCUT2D eigenvalue weighted by atomic mass is 10.00. The molecule has 1 N–H and O–H groups in total. The molecule has 2 saturated heterocycles. The molecule has 4 nitrogen and oxygen atoms in total. The van der Waals surface area contributed by atoms with Gasteiger partial charge in [0, 0.05) is 25.7 Å². The van der Waals surface area contributed by atoms with E-state index in [0.29, 0.717) is 6.04 Å². The molecule has 1 aromatic carbocycles. The number of β-amino-alcohol motifs (C(OH)–C–C–N with tert-alkyl or cyclic N) is 1. The predicted molar refractivity (Wildman–Crippen MR) is 98.0 cm³/mol. The van der Waals surface area contributed by atoms with Gasteiger partial charge in [-0.15, -0.1) is 24.8 Å². The Labute approximate surface area is 151 Å². The van der Waals surface area contributed by atoms with Gasteiger partial charge >= 0.3 is 0 Å². The summed E-state index contributed by atoms with van der Waals surface area (Å²) in [5.41, 5.74) is 1.28. The molecular formula is C17H28Cl2N2O2. The van der Waals surface area contributed by atoms with Crippen LogP contribution in [0.4, 0.5) is 0 Å². The highest BCUT2D eigenvalue weighted by atomic mass is 35.5. The zero-order valence-corrected chi connectivity index (χ0v) is 15.3. The van der Waals surface area contributed by atoms with Crippen LogP contribution in [0.25, 0.3) is 0 Å². The number of nitrogens with zero attached hydrogens (tertiary/aromatic N) is 2. The third-order valence-corrected chi connectivity index (χ3v) is 4.81. The van der Waals surface area contributed by atoms with Crippen LogP contribution in [0.15, 0.2) is 24.3 Å². The summed E-state index contributed by atoms with van der Waals surface area (Å²) in [6, 6.07) is 8.60. The normalized spacial score (nSPS) is 25.5. The van der Waals surface area contributed by atoms with Gasteiger partial charge in [-0.2, -0.15) is 0 Å². The van der Waals surface area contributed by atoms with Gasteiger partial charge in [0.05, 0.1) is 13.2 Å². The molecule has 0 radical (unpaired) electrons. The van der Waals surface area contributed by atoms with E-state index >= 15 is 0 Å². The van der Waals surface area contributed by atoms with Crippen LogP contribution < -0.4 is 4.74 Å². The minimum Gasteiger partial charge on any atom is -0.497 e. The molecule has 0 aromatic heterocycles. The molecule has 3 rings (SSSR count). The average molecular weight is 363 g/mol. The minimum atomic E-state index is -0.213. The summed E-state index contributed by atoms with van der Waals surface area (Å²) in [6.45, 7) is 5.10. The molecule has 0 saturated carbocycles. The second-order valence-corrected chi connectivity index (χ2v) is 6.25. The van der Waals surface area contributed by atoms with E-state index in [1.165, 1.54) is 31.5 Å². The Morgan fingerprint density at radius 3 is 2.30 bits per heavy atom. The highest BCUT2D eigenvalue weighted by Crippen LogP contribution is 2.23. The molecule has 2 aliphatic rings. The van der Waals surface area contributed by atoms with E-state index in [1.54, 1.807) is 7.11 Å². The first-order valence-electron chi connectivity index (χ1n) is 8.03. The Balaban J connectivity index is 0.00000132. The number of methoxy groups -OCH3 is 1. The summed E-state index contributed by atoms with van der Waals surface area (Å²) in [5, 5.41) is 10.5. The van der Waals surface area contributed by atoms with E-state index < -0.39 is 0 Å². The molecule has 2 heterocycles. The van der Waals surface area contributed by atoms with Crippen molar-refractivity contribution in [3.63, 3.8) is 0 Å². The van der Waals surface area contributed by atoms with E-state index in [1.807, 2.05) is 12.1 Å². The molecule has 0 aliphatic carbocycles. The van der Waals surface area contributed by atoms with Gasteiger partial charge in [0.15, 0.2) is 0 Å². The van der Waals surface area contributed by atoms with E-state index in [2.05, 4.69) is 21.9 Å². The maximum atomic E-state index is 10.5. The molecule has 2 fully saturated rings. The van der Waals surface area contributed by atoms with Crippen molar-refractivity contribution in [3.05, 3.63) is 29.8 Å². The van der Waals surface area contributed by atoms with Crippen molar-refractivity contribution < 1.29 is 9.84 Å². The average Bonchev–Trinajstić information content (AvgIpc) is 3.02. The lowest BCUT2D eigenvalue weighted by Crippen LogP contribution is -2.53. The maximum absolute atomic E-state index is 10.5. The van der Waals surface area contributed by atoms with Gasteiger partial charge in [0.1, 0.15) is 5.75 Å². The van der Waals surface area contributed by atoms with Crippen LogP contribution in [-0.4, -0.2) is 60.3 Å². The minimum absolute atomic E-state index is 0. The fraction of sp³-hybridized carbons (Fsp3) is 0.647. The number of rotatable bonds is 4. The summed E-state index contributed by atoms with van der Waals surface area (Å²) < 4.78 is 5.19. The Morgan fingerprint density at radius 1 is 1.09 bits per heavy atom. The van der Waals surface area contributed by atoms with Crippen LogP contribution >= 0.6 is 24.8 Å². The summed E-state index contributed by atoms with van der Waals surface area (Å²) >= 11 is 0. The first-order chi connectivity index (χ1) is 10.3. The number of benzene rings is 1. The number of aliphatic hydroxyl groups excluding tert-OH is 1. The second-order valence-electron chi connectivity index (χ2n) is 6.25. The monoisotopic (exact) mass is 362 g/mol. The third-order valence-electron chi connectivity index (χ3n) is 4.81. The number of likely N-dealkylation sites (tertiary alicyclic amines) is 2. The van der Waals surface area contributed by atoms with Crippen LogP contribution in [0, 0.1) is 0 Å². The van der Waals surface area contributed by atoms with Crippen LogP contribution in [0.5, 0.6) is 5.75 Å². The van der Waals surface area contributed by atoms with Crippen molar-refractivity contribution in [2.24, 2.45) is 0 Å². The number of halogens is 2. The molecule has 0 bridgehead atoms. The van der Waals surface area contributed by atoms with E-state index in [-0.39, 0.29) is 30.9 Å². The molecule has 0 spiro atoms. The van der Waals surface area contributed by atoms with Crippen molar-refractivity contribution in [3.8, 4) is 5.75 Å². The standard InChI is InChI=1S/C17H26N2O2.2ClH/c1-21-15-6-4-14(5-7-15)12-18-11-8-16(17(20)13-18)19-9-2-3-10-19;;/h4-7,16-17,20H,2-3,8-13H2,1H3;2*1H/t16-,17-;;/m1../s1. The van der Waals surface area contributed by atoms with Gasteiger partial charge in [-0.3, -0.25) is 9.80 Å². The highest BCUT2D eigenvalue weighted by molar-refractivity contribution is 5.85. The van der Waals surface area contributed by atoms with Gasteiger partial charge in [-0.05, 0) is 50.0 Å². The summed E-state index contributed by atoms with van der Waals surface area (Å²) in [4.78, 5) is 4.84. The van der Waals surface area contributed by atoms with Gasteiger partial charge in [0.2, 0.25) is 0 Å². The number of piperidine rings is 1. The van der Waals surface area contributed by atoms with E-state index in [9.17, 15) is 5.11 Å². The van der Waals surface area contributed by atoms with Crippen LogP contribution in [0.1, 0.15) is 24.8 Å². The zero-order chi connectivity index (χ0) is 14.7. The van der Waals surface area contributed by atoms with E-state index in [0.717, 1.165) is 31.8 Å². The Bertz CT molecular complexity index is 452. The first kappa shape index (κ1) is 20.5. The van der Waals surface area contributed by atoms with Gasteiger partial charge in [-0.25, -0.2) is 0 Å². The summed E-state index contributed by atoms with van der Waals surface area (Å²) in [6.07, 6.45) is 3.45. The van der Waals surface area contributed by atoms with Crippen molar-refractivity contribution in [1.82, 2.24) is 9.80 Å². The highest BCUT2D eigenvalue weighted by Gasteiger charge is 2.33. The maximum Gasteiger partial charge on any atom is 0.118 e. The second kappa shape index (κ2) is 9.70. The summed E-state index contributed by atoms with van der Waals surface area (Å²) in [5.74, 6) is 0.895. The quantitative estimate of drug-likeness (QED) is 0.892. The molecule has 0 unspecified atom stereocenters. The number of ether oxygens (including phenoxy) is 1. The van der Waals surface area contributed by atoms with Crippen LogP contribution in [0.2, 0.25) is 0 Å². The topological polar surface area (TPSA) is 35.9 Å². The molecule has 6 heteroatoms. The van der Waals surface area contributed by atoms with Crippen molar-refractivity contribution in [2.75, 3.05) is 33.3 Å². The van der Waals surface area contributed by atoms with Gasteiger partial charge < -0.3 is 9.84 Å². The van der Waals surface area contributed by atoms with Crippen molar-refractivity contribution in [1.29, 1.82) is 0 Å². The fourth-order valence-corrected chi connectivity index (χ4v) is 3.62. The number of hydrogen-bond acceptors (Lipinski definition) is 4. The molecular weight excluding hydrogens is 335 g/mol. The lowest BCUT2D eigenvalue weighted by molar-refractivity contribution is -0.00739. The van der Waals surface area contributed by atoms with Gasteiger partial charge in [0.25, 0.3) is 0 Å². The smallest absolute Gasteiger partial charge is 0.118 e. The van der Waals surface area contributed by atoms with Crippen molar-refractivity contribution in [2.45, 2.75) is 38.0 Å². The Hall–Kier alpha value is -0.520. The van der Waals surface area contributed by atoms with Gasteiger partial charge in [-0.1, -0.05) is 12.1 Å². The SMILES string of the molecule is COc1ccc(CN2CC[C@@H](N3CCCC3)[C@H](O)C2)cc1.Cl.Cl. The lowest BCUT2D eigenvalue weighted by Gasteiger charge is -2.40. The van der Waals surface area contributed by atoms with Crippen LogP contribution in [0.3, 0.4) is 0 Å². The van der Waals surface area contributed by atoms with Crippen LogP contribution in [-0.2, 0) is 6.54 Å². The molecule has 2 aliphatic heterocycles. The van der Waals surface area contributed by atoms with Crippen molar-refractivity contribution >= 4 is 24.8 Å². The molecule has 0 amide bonds. The zero-order valence-electron chi connectivity index (χ0n) is 13.7. The largest absolute Gasteiger partial charge is 0.497 e. The molecule has 23 heavy (non-hydrogen) atoms. The Morgan fingerprint density at radius 2 is 1.74 bits per heavy atom. The first-order valence-corrected chi connectivity index (χ1v) is 8.03. The number of hydrogen-bond donors (Lipinski definition) is 1. The predicted octanol–water partition coefficient (Wildman–Crippen LogP) is 2.57.